The number of hydrogen-bond acceptors (Lipinski definition) is 4. The van der Waals surface area contributed by atoms with Gasteiger partial charge in [-0.1, -0.05) is 176 Å². The van der Waals surface area contributed by atoms with Crippen LogP contribution in [-0.2, 0) is 0 Å². The molecule has 12 aromatic rings. The minimum absolute atomic E-state index is 0.855. The molecule has 0 amide bonds. The lowest BCUT2D eigenvalue weighted by Crippen LogP contribution is -1.95. The zero-order valence-electron chi connectivity index (χ0n) is 32.4. The van der Waals surface area contributed by atoms with Gasteiger partial charge in [0.2, 0.25) is 0 Å². The van der Waals surface area contributed by atoms with Crippen LogP contribution in [0.1, 0.15) is 0 Å². The van der Waals surface area contributed by atoms with Crippen molar-refractivity contribution in [3.05, 3.63) is 206 Å². The van der Waals surface area contributed by atoms with Gasteiger partial charge in [-0.15, -0.1) is 0 Å². The number of pyridine rings is 2. The molecule has 0 saturated carbocycles. The fourth-order valence-electron chi connectivity index (χ4n) is 8.81. The average Bonchev–Trinajstić information content (AvgIpc) is 3.33. The van der Waals surface area contributed by atoms with E-state index in [-0.39, 0.29) is 0 Å². The number of rotatable bonds is 5. The first-order valence-corrected chi connectivity index (χ1v) is 20.3. The van der Waals surface area contributed by atoms with E-state index < -0.39 is 0 Å². The number of aromatic nitrogens is 4. The minimum Gasteiger partial charge on any atom is -0.245 e. The highest BCUT2D eigenvalue weighted by Crippen LogP contribution is 2.38. The third-order valence-electron chi connectivity index (χ3n) is 11.8. The van der Waals surface area contributed by atoms with E-state index in [1.807, 2.05) is 42.5 Å². The van der Waals surface area contributed by atoms with Gasteiger partial charge in [0.05, 0.1) is 44.8 Å². The molecule has 12 rings (SSSR count). The van der Waals surface area contributed by atoms with Crippen LogP contribution < -0.4 is 0 Å². The van der Waals surface area contributed by atoms with Crippen molar-refractivity contribution in [2.45, 2.75) is 0 Å². The highest BCUT2D eigenvalue weighted by Gasteiger charge is 2.15. The number of hydrogen-bond donors (Lipinski definition) is 0. The van der Waals surface area contributed by atoms with E-state index in [0.717, 1.165) is 77.9 Å². The Kier molecular flexibility index (Phi) is 7.82. The summed E-state index contributed by atoms with van der Waals surface area (Å²) in [7, 11) is 0. The van der Waals surface area contributed by atoms with Gasteiger partial charge in [0.15, 0.2) is 0 Å². The van der Waals surface area contributed by atoms with E-state index in [2.05, 4.69) is 164 Å². The molecule has 0 atom stereocenters. The van der Waals surface area contributed by atoms with Gasteiger partial charge in [-0.2, -0.15) is 0 Å². The van der Waals surface area contributed by atoms with Crippen molar-refractivity contribution in [2.75, 3.05) is 0 Å². The second kappa shape index (κ2) is 13.8. The molecule has 0 bridgehead atoms. The average molecular weight is 763 g/mol. The van der Waals surface area contributed by atoms with Crippen LogP contribution >= 0.6 is 0 Å². The van der Waals surface area contributed by atoms with E-state index in [4.69, 9.17) is 19.9 Å². The Morgan fingerprint density at radius 3 is 1.15 bits per heavy atom. The molecule has 0 aliphatic rings. The monoisotopic (exact) mass is 762 g/mol. The summed E-state index contributed by atoms with van der Waals surface area (Å²) in [6, 6.07) is 72.7. The first-order chi connectivity index (χ1) is 29.7. The lowest BCUT2D eigenvalue weighted by atomic mass is 9.92. The van der Waals surface area contributed by atoms with Crippen LogP contribution in [-0.4, -0.2) is 19.9 Å². The molecular weight excluding hydrogens is 729 g/mol. The third-order valence-corrected chi connectivity index (χ3v) is 11.8. The van der Waals surface area contributed by atoms with Gasteiger partial charge in [-0.3, -0.25) is 0 Å². The molecule has 0 N–H and O–H groups in total. The van der Waals surface area contributed by atoms with Crippen molar-refractivity contribution in [3.8, 4) is 56.2 Å². The molecule has 60 heavy (non-hydrogen) atoms. The van der Waals surface area contributed by atoms with Crippen molar-refractivity contribution in [1.82, 2.24) is 19.9 Å². The predicted molar refractivity (Wildman–Crippen MR) is 250 cm³/mol. The highest BCUT2D eigenvalue weighted by atomic mass is 14.8. The Hall–Kier alpha value is -8.08. The molecule has 0 saturated heterocycles. The van der Waals surface area contributed by atoms with Crippen LogP contribution in [0, 0.1) is 0 Å². The van der Waals surface area contributed by atoms with Crippen molar-refractivity contribution >= 4 is 65.2 Å². The van der Waals surface area contributed by atoms with E-state index in [1.165, 1.54) is 43.4 Å². The van der Waals surface area contributed by atoms with Gasteiger partial charge in [-0.05, 0) is 73.8 Å². The standard InChI is InChI=1S/C56H34N4/c1-2-10-38(11-3-1)53-56(60-52-17-9-8-16-51(52)59-53)39-24-22-37(23-25-39)50-33-30-41-27-26-40-29-32-49(57-54(40)55(41)58-50)36-20-18-35(19-21-36)42-28-31-47-45-14-5-4-12-43(45)44-13-6-7-15-46(44)48(47)34-42/h1-34H. The Balaban J connectivity index is 0.887. The summed E-state index contributed by atoms with van der Waals surface area (Å²) in [5.41, 5.74) is 13.5. The molecule has 0 spiro atoms. The van der Waals surface area contributed by atoms with Crippen LogP contribution in [0.5, 0.6) is 0 Å². The lowest BCUT2D eigenvalue weighted by molar-refractivity contribution is 1.29. The van der Waals surface area contributed by atoms with Crippen molar-refractivity contribution < 1.29 is 0 Å². The zero-order chi connectivity index (χ0) is 39.6. The second-order valence-electron chi connectivity index (χ2n) is 15.4. The molecule has 0 aliphatic carbocycles. The van der Waals surface area contributed by atoms with Crippen LogP contribution in [0.2, 0.25) is 0 Å². The summed E-state index contributed by atoms with van der Waals surface area (Å²) >= 11 is 0. The summed E-state index contributed by atoms with van der Waals surface area (Å²) in [6.45, 7) is 0. The molecule has 4 nitrogen and oxygen atoms in total. The Morgan fingerprint density at radius 2 is 0.617 bits per heavy atom. The number of nitrogens with zero attached hydrogens (tertiary/aromatic N) is 4. The van der Waals surface area contributed by atoms with Crippen molar-refractivity contribution in [1.29, 1.82) is 0 Å². The summed E-state index contributed by atoms with van der Waals surface area (Å²) in [4.78, 5) is 20.7. The largest absolute Gasteiger partial charge is 0.245 e. The second-order valence-corrected chi connectivity index (χ2v) is 15.4. The van der Waals surface area contributed by atoms with Gasteiger partial charge < -0.3 is 0 Å². The van der Waals surface area contributed by atoms with Gasteiger partial charge in [0, 0.05) is 33.0 Å². The Bertz CT molecular complexity index is 3600. The molecule has 0 fully saturated rings. The lowest BCUT2D eigenvalue weighted by Gasteiger charge is -2.12. The molecular formula is C56H34N4. The van der Waals surface area contributed by atoms with Gasteiger partial charge in [0.1, 0.15) is 0 Å². The molecule has 0 radical (unpaired) electrons. The molecule has 0 aliphatic heterocycles. The Morgan fingerprint density at radius 1 is 0.233 bits per heavy atom. The quantitative estimate of drug-likeness (QED) is 0.164. The van der Waals surface area contributed by atoms with Crippen molar-refractivity contribution in [3.63, 3.8) is 0 Å². The van der Waals surface area contributed by atoms with Gasteiger partial charge in [0.25, 0.3) is 0 Å². The first kappa shape index (κ1) is 34.0. The van der Waals surface area contributed by atoms with Crippen molar-refractivity contribution in [2.24, 2.45) is 0 Å². The smallest absolute Gasteiger partial charge is 0.0973 e. The van der Waals surface area contributed by atoms with Crippen LogP contribution in [0.3, 0.4) is 0 Å². The zero-order valence-corrected chi connectivity index (χ0v) is 32.4. The number of benzene rings is 9. The van der Waals surface area contributed by atoms with E-state index in [9.17, 15) is 0 Å². The maximum absolute atomic E-state index is 5.25. The normalized spacial score (nSPS) is 11.7. The summed E-state index contributed by atoms with van der Waals surface area (Å²) in [6.07, 6.45) is 0. The first-order valence-electron chi connectivity index (χ1n) is 20.3. The topological polar surface area (TPSA) is 51.6 Å². The molecule has 3 aromatic heterocycles. The van der Waals surface area contributed by atoms with Gasteiger partial charge >= 0.3 is 0 Å². The van der Waals surface area contributed by atoms with Gasteiger partial charge in [-0.25, -0.2) is 19.9 Å². The third kappa shape index (κ3) is 5.69. The fourth-order valence-corrected chi connectivity index (χ4v) is 8.81. The molecule has 0 unspecified atom stereocenters. The summed E-state index contributed by atoms with van der Waals surface area (Å²) in [5, 5.41) is 9.80. The van der Waals surface area contributed by atoms with Crippen LogP contribution in [0.15, 0.2) is 206 Å². The Labute approximate surface area is 346 Å². The maximum atomic E-state index is 5.25. The summed E-state index contributed by atoms with van der Waals surface area (Å²) < 4.78 is 0. The minimum atomic E-state index is 0.855. The molecule has 278 valence electrons. The molecule has 9 aromatic carbocycles. The number of fused-ring (bicyclic) bond motifs is 10. The van der Waals surface area contributed by atoms with Crippen LogP contribution in [0.25, 0.3) is 121 Å². The maximum Gasteiger partial charge on any atom is 0.0973 e. The highest BCUT2D eigenvalue weighted by molar-refractivity contribution is 6.25. The molecule has 4 heteroatoms. The molecule has 3 heterocycles. The predicted octanol–water partition coefficient (Wildman–Crippen LogP) is 14.5. The summed E-state index contributed by atoms with van der Waals surface area (Å²) in [5.74, 6) is 0. The fraction of sp³-hybridized carbons (Fsp3) is 0. The van der Waals surface area contributed by atoms with E-state index in [0.29, 0.717) is 0 Å². The van der Waals surface area contributed by atoms with E-state index >= 15 is 0 Å². The number of para-hydroxylation sites is 2. The van der Waals surface area contributed by atoms with Crippen LogP contribution in [0.4, 0.5) is 0 Å². The SMILES string of the molecule is c1ccc(-c2nc3ccccc3nc2-c2ccc(-c3ccc4ccc5ccc(-c6ccc(-c7ccc8c9ccccc9c9ccccc9c8c7)cc6)nc5c4n3)cc2)cc1. The van der Waals surface area contributed by atoms with E-state index in [1.54, 1.807) is 0 Å².